The summed E-state index contributed by atoms with van der Waals surface area (Å²) >= 11 is 0. The molecule has 0 spiro atoms. The van der Waals surface area contributed by atoms with Crippen LogP contribution in [0.25, 0.3) is 0 Å². The molecule has 0 saturated heterocycles. The van der Waals surface area contributed by atoms with Crippen molar-refractivity contribution in [1.29, 1.82) is 0 Å². The van der Waals surface area contributed by atoms with Gasteiger partial charge in [0.05, 0.1) is 6.61 Å². The van der Waals surface area contributed by atoms with Crippen molar-refractivity contribution in [3.63, 3.8) is 0 Å². The Kier molecular flexibility index (Phi) is 5.37. The Bertz CT molecular complexity index is 916. The fraction of sp³-hybridized carbons (Fsp3) is 0.381. The van der Waals surface area contributed by atoms with E-state index >= 15 is 0 Å². The third-order valence-electron chi connectivity index (χ3n) is 4.37. The minimum Gasteiger partial charge on any atom is -0.508 e. The number of phenolic OH excluding ortho intramolecular Hbond substituents is 4. The monoisotopic (exact) mass is 404 g/mol. The molecule has 2 unspecified atom stereocenters. The maximum atomic E-state index is 12.2. The molecule has 2 aromatic rings. The predicted octanol–water partition coefficient (Wildman–Crippen LogP) is 3.75. The summed E-state index contributed by atoms with van der Waals surface area (Å²) in [4.78, 5) is 12.2. The number of fused-ring (bicyclic) bond motifs is 1. The average molecular weight is 404 g/mol. The minimum absolute atomic E-state index is 0.0956. The van der Waals surface area contributed by atoms with Crippen molar-refractivity contribution in [1.82, 2.24) is 0 Å². The lowest BCUT2D eigenvalue weighted by atomic mass is 9.93. The van der Waals surface area contributed by atoms with Crippen molar-refractivity contribution in [3.8, 4) is 28.7 Å². The highest BCUT2D eigenvalue weighted by atomic mass is 16.7. The normalized spacial score (nSPS) is 18.4. The third kappa shape index (κ3) is 4.77. The molecular weight excluding hydrogens is 380 g/mol. The molecule has 2 atom stereocenters. The number of hydrogen-bond donors (Lipinski definition) is 4. The van der Waals surface area contributed by atoms with Crippen molar-refractivity contribution < 1.29 is 39.4 Å². The highest BCUT2D eigenvalue weighted by molar-refractivity contribution is 5.61. The van der Waals surface area contributed by atoms with Gasteiger partial charge in [0.25, 0.3) is 0 Å². The van der Waals surface area contributed by atoms with Crippen molar-refractivity contribution in [2.75, 3.05) is 6.61 Å². The van der Waals surface area contributed by atoms with Gasteiger partial charge in [0.1, 0.15) is 17.2 Å². The van der Waals surface area contributed by atoms with Gasteiger partial charge in [0.2, 0.25) is 0 Å². The quantitative estimate of drug-likeness (QED) is 0.450. The Labute approximate surface area is 167 Å². The molecule has 4 N–H and O–H groups in total. The summed E-state index contributed by atoms with van der Waals surface area (Å²) in [6, 6.07) is 6.62. The van der Waals surface area contributed by atoms with Gasteiger partial charge in [-0.3, -0.25) is 0 Å². The molecule has 0 fully saturated rings. The van der Waals surface area contributed by atoms with E-state index in [4.69, 9.17) is 14.2 Å². The molecular formula is C21H24O8. The molecule has 8 nitrogen and oxygen atoms in total. The van der Waals surface area contributed by atoms with Crippen LogP contribution in [-0.4, -0.2) is 39.3 Å². The summed E-state index contributed by atoms with van der Waals surface area (Å²) in [6.07, 6.45) is -2.53. The van der Waals surface area contributed by atoms with Gasteiger partial charge in [-0.05, 0) is 17.5 Å². The van der Waals surface area contributed by atoms with Crippen molar-refractivity contribution in [2.45, 2.75) is 39.4 Å². The maximum absolute atomic E-state index is 12.2. The molecule has 0 aliphatic carbocycles. The van der Waals surface area contributed by atoms with Gasteiger partial charge >= 0.3 is 6.16 Å². The van der Waals surface area contributed by atoms with E-state index < -0.39 is 18.4 Å². The number of hydrogen-bond acceptors (Lipinski definition) is 8. The molecule has 1 heterocycles. The van der Waals surface area contributed by atoms with E-state index in [1.165, 1.54) is 30.3 Å². The number of carbonyl (C=O) groups excluding carboxylic acids is 1. The first-order chi connectivity index (χ1) is 13.5. The zero-order valence-electron chi connectivity index (χ0n) is 16.4. The zero-order valence-corrected chi connectivity index (χ0v) is 16.4. The summed E-state index contributed by atoms with van der Waals surface area (Å²) in [5.74, 6) is -0.809. The first-order valence-electron chi connectivity index (χ1n) is 9.10. The largest absolute Gasteiger partial charge is 0.508 e. The number of benzene rings is 2. The summed E-state index contributed by atoms with van der Waals surface area (Å²) < 4.78 is 16.5. The van der Waals surface area contributed by atoms with Crippen molar-refractivity contribution in [2.24, 2.45) is 5.41 Å². The molecule has 0 saturated carbocycles. The van der Waals surface area contributed by atoms with Crippen LogP contribution >= 0.6 is 0 Å². The van der Waals surface area contributed by atoms with E-state index in [0.29, 0.717) is 11.1 Å². The predicted molar refractivity (Wildman–Crippen MR) is 102 cm³/mol. The van der Waals surface area contributed by atoms with Crippen LogP contribution in [0.1, 0.15) is 38.0 Å². The van der Waals surface area contributed by atoms with Crippen LogP contribution in [-0.2, 0) is 15.9 Å². The van der Waals surface area contributed by atoms with E-state index in [0.717, 1.165) is 0 Å². The minimum atomic E-state index is -0.886. The van der Waals surface area contributed by atoms with Gasteiger partial charge in [-0.25, -0.2) is 4.79 Å². The fourth-order valence-corrected chi connectivity index (χ4v) is 2.98. The van der Waals surface area contributed by atoms with Crippen LogP contribution in [0.5, 0.6) is 28.7 Å². The molecule has 2 aromatic carbocycles. The second-order valence-electron chi connectivity index (χ2n) is 8.19. The van der Waals surface area contributed by atoms with Crippen LogP contribution in [0.3, 0.4) is 0 Å². The molecule has 0 bridgehead atoms. The van der Waals surface area contributed by atoms with Crippen molar-refractivity contribution >= 4 is 6.16 Å². The summed E-state index contributed by atoms with van der Waals surface area (Å²) in [7, 11) is 0. The molecule has 29 heavy (non-hydrogen) atoms. The SMILES string of the molecule is CC(C)(C)COC(=O)OC1Cc2c(O)cc(O)cc2OC1c1ccc(O)c(O)c1. The second kappa shape index (κ2) is 7.62. The maximum Gasteiger partial charge on any atom is 0.508 e. The third-order valence-corrected chi connectivity index (χ3v) is 4.37. The number of carbonyl (C=O) groups is 1. The lowest BCUT2D eigenvalue weighted by Crippen LogP contribution is -2.35. The molecule has 0 amide bonds. The molecule has 1 aliphatic heterocycles. The molecule has 1 aliphatic rings. The van der Waals surface area contributed by atoms with Gasteiger partial charge in [0, 0.05) is 29.7 Å². The Morgan fingerprint density at radius 1 is 1.07 bits per heavy atom. The van der Waals surface area contributed by atoms with Crippen LogP contribution in [0.2, 0.25) is 0 Å². The fourth-order valence-electron chi connectivity index (χ4n) is 2.98. The van der Waals surface area contributed by atoms with Crippen LogP contribution in [0, 0.1) is 5.41 Å². The lowest BCUT2D eigenvalue weighted by molar-refractivity contribution is -0.0397. The van der Waals surface area contributed by atoms with Gasteiger partial charge in [-0.1, -0.05) is 26.8 Å². The first-order valence-corrected chi connectivity index (χ1v) is 9.10. The van der Waals surface area contributed by atoms with Gasteiger partial charge in [0.15, 0.2) is 23.7 Å². The smallest absolute Gasteiger partial charge is 0.508 e. The molecule has 8 heteroatoms. The van der Waals surface area contributed by atoms with E-state index in [1.807, 2.05) is 20.8 Å². The number of ether oxygens (including phenoxy) is 3. The highest BCUT2D eigenvalue weighted by Gasteiger charge is 2.37. The van der Waals surface area contributed by atoms with E-state index in [1.54, 1.807) is 0 Å². The molecule has 156 valence electrons. The van der Waals surface area contributed by atoms with Gasteiger partial charge in [-0.2, -0.15) is 0 Å². The molecule has 0 aromatic heterocycles. The number of phenols is 4. The second-order valence-corrected chi connectivity index (χ2v) is 8.19. The topological polar surface area (TPSA) is 126 Å². The van der Waals surface area contributed by atoms with Gasteiger partial charge < -0.3 is 34.6 Å². The number of rotatable bonds is 3. The Hall–Kier alpha value is -3.29. The standard InChI is InChI=1S/C21H24O8/c1-21(2,3)10-27-20(26)29-18-9-13-15(24)7-12(22)8-17(13)28-19(18)11-4-5-14(23)16(25)6-11/h4-8,18-19,22-25H,9-10H2,1-3H3. The summed E-state index contributed by atoms with van der Waals surface area (Å²) in [5, 5.41) is 39.3. The Morgan fingerprint density at radius 2 is 1.79 bits per heavy atom. The zero-order chi connectivity index (χ0) is 21.3. The van der Waals surface area contributed by atoms with E-state index in [9.17, 15) is 25.2 Å². The highest BCUT2D eigenvalue weighted by Crippen LogP contribution is 2.43. The average Bonchev–Trinajstić information content (AvgIpc) is 2.62. The van der Waals surface area contributed by atoms with E-state index in [2.05, 4.69) is 0 Å². The molecule has 3 rings (SSSR count). The van der Waals surface area contributed by atoms with Crippen LogP contribution < -0.4 is 4.74 Å². The van der Waals surface area contributed by atoms with Crippen molar-refractivity contribution in [3.05, 3.63) is 41.5 Å². The van der Waals surface area contributed by atoms with Gasteiger partial charge in [-0.15, -0.1) is 0 Å². The summed E-state index contributed by atoms with van der Waals surface area (Å²) in [6.45, 7) is 5.88. The lowest BCUT2D eigenvalue weighted by Gasteiger charge is -2.33. The van der Waals surface area contributed by atoms with E-state index in [-0.39, 0.29) is 47.2 Å². The number of aromatic hydroxyl groups is 4. The van der Waals surface area contributed by atoms with Crippen LogP contribution in [0.15, 0.2) is 30.3 Å². The van der Waals surface area contributed by atoms with Crippen LogP contribution in [0.4, 0.5) is 4.79 Å². The first kappa shape index (κ1) is 20.4. The molecule has 0 radical (unpaired) electrons. The summed E-state index contributed by atoms with van der Waals surface area (Å²) in [5.41, 5.74) is 0.560. The Morgan fingerprint density at radius 3 is 2.45 bits per heavy atom. The Balaban J connectivity index is 1.91.